The molecular formula is C25H33ClN4O4S. The molecule has 0 radical (unpaired) electrons. The number of nitrogens with zero attached hydrogens (tertiary/aromatic N) is 3. The van der Waals surface area contributed by atoms with Crippen molar-refractivity contribution >= 4 is 39.4 Å². The second-order valence-corrected chi connectivity index (χ2v) is 12.4. The van der Waals surface area contributed by atoms with Crippen molar-refractivity contribution in [3.05, 3.63) is 46.9 Å². The van der Waals surface area contributed by atoms with Crippen LogP contribution in [0.3, 0.4) is 0 Å². The predicted octanol–water partition coefficient (Wildman–Crippen LogP) is 5.18. The molecule has 0 bridgehead atoms. The summed E-state index contributed by atoms with van der Waals surface area (Å²) in [5, 5.41) is 6.91. The molecule has 2 aromatic rings. The van der Waals surface area contributed by atoms with Gasteiger partial charge >= 0.3 is 0 Å². The lowest BCUT2D eigenvalue weighted by Gasteiger charge is -2.21. The summed E-state index contributed by atoms with van der Waals surface area (Å²) in [6.07, 6.45) is 11.4. The number of anilines is 1. The lowest BCUT2D eigenvalue weighted by Crippen LogP contribution is -2.24. The number of aromatic nitrogens is 2. The zero-order valence-electron chi connectivity index (χ0n) is 20.6. The zero-order valence-corrected chi connectivity index (χ0v) is 22.2. The van der Waals surface area contributed by atoms with E-state index in [1.54, 1.807) is 24.5 Å². The minimum Gasteiger partial charge on any atom is -0.390 e. The lowest BCUT2D eigenvalue weighted by molar-refractivity contribution is -0.118. The molecule has 1 amide bonds. The largest absolute Gasteiger partial charge is 0.390 e. The van der Waals surface area contributed by atoms with Gasteiger partial charge in [0.05, 0.1) is 33.9 Å². The van der Waals surface area contributed by atoms with E-state index in [9.17, 15) is 13.2 Å². The van der Waals surface area contributed by atoms with Crippen molar-refractivity contribution < 1.29 is 18.0 Å². The quantitative estimate of drug-likeness (QED) is 0.360. The smallest absolute Gasteiger partial charge is 0.233 e. The molecular weight excluding hydrogens is 488 g/mol. The predicted molar refractivity (Wildman–Crippen MR) is 138 cm³/mol. The molecule has 1 atom stereocenters. The highest BCUT2D eigenvalue weighted by molar-refractivity contribution is 7.90. The van der Waals surface area contributed by atoms with Crippen molar-refractivity contribution in [1.29, 1.82) is 0 Å². The lowest BCUT2D eigenvalue weighted by atomic mass is 9.87. The monoisotopic (exact) mass is 520 g/mol. The van der Waals surface area contributed by atoms with Crippen LogP contribution < -0.4 is 5.32 Å². The molecule has 1 saturated carbocycles. The van der Waals surface area contributed by atoms with Crippen LogP contribution in [-0.2, 0) is 25.9 Å². The molecule has 1 heterocycles. The molecule has 0 spiro atoms. The highest BCUT2D eigenvalue weighted by atomic mass is 35.5. The maximum atomic E-state index is 13.3. The van der Waals surface area contributed by atoms with Crippen LogP contribution in [0.2, 0.25) is 5.02 Å². The normalized spacial score (nSPS) is 15.9. The maximum Gasteiger partial charge on any atom is 0.233 e. The van der Waals surface area contributed by atoms with Gasteiger partial charge < -0.3 is 10.2 Å². The Morgan fingerprint density at radius 3 is 2.54 bits per heavy atom. The van der Waals surface area contributed by atoms with Crippen LogP contribution in [0.15, 0.2) is 40.6 Å². The van der Waals surface area contributed by atoms with E-state index in [1.165, 1.54) is 12.3 Å². The SMILES string of the molecule is CC(C)(C)ON=CCc1cnc(NC(=O)[C@H](CC2CCCC2)c2ccc(S(C)(=O)=O)c(Cl)c2)cn1. The van der Waals surface area contributed by atoms with Crippen molar-refractivity contribution in [3.8, 4) is 0 Å². The summed E-state index contributed by atoms with van der Waals surface area (Å²) in [6, 6.07) is 4.74. The first-order valence-electron chi connectivity index (χ1n) is 11.7. The van der Waals surface area contributed by atoms with Crippen LogP contribution in [0, 0.1) is 5.92 Å². The van der Waals surface area contributed by atoms with E-state index in [0.717, 1.165) is 31.9 Å². The molecule has 35 heavy (non-hydrogen) atoms. The van der Waals surface area contributed by atoms with Crippen molar-refractivity contribution in [2.45, 2.75) is 75.7 Å². The Kier molecular flexibility index (Phi) is 8.88. The topological polar surface area (TPSA) is 111 Å². The number of sulfone groups is 1. The second-order valence-electron chi connectivity index (χ2n) is 9.98. The first-order valence-corrected chi connectivity index (χ1v) is 14.0. The zero-order chi connectivity index (χ0) is 25.6. The molecule has 190 valence electrons. The van der Waals surface area contributed by atoms with E-state index in [1.807, 2.05) is 20.8 Å². The number of hydrogen-bond acceptors (Lipinski definition) is 7. The number of carbonyl (C=O) groups is 1. The molecule has 10 heteroatoms. The Morgan fingerprint density at radius 1 is 1.26 bits per heavy atom. The van der Waals surface area contributed by atoms with Gasteiger partial charge in [-0.3, -0.25) is 9.78 Å². The van der Waals surface area contributed by atoms with Gasteiger partial charge in [0.15, 0.2) is 15.7 Å². The molecule has 1 aliphatic rings. The minimum absolute atomic E-state index is 0.0563. The number of hydrogen-bond donors (Lipinski definition) is 1. The Labute approximate surface area is 212 Å². The van der Waals surface area contributed by atoms with E-state index in [0.29, 0.717) is 35.8 Å². The highest BCUT2D eigenvalue weighted by Gasteiger charge is 2.28. The molecule has 0 unspecified atom stereocenters. The fourth-order valence-corrected chi connectivity index (χ4v) is 5.41. The number of rotatable bonds is 9. The van der Waals surface area contributed by atoms with Gasteiger partial charge in [-0.25, -0.2) is 13.4 Å². The maximum absolute atomic E-state index is 13.3. The third kappa shape index (κ3) is 8.28. The average molecular weight is 521 g/mol. The second kappa shape index (κ2) is 11.5. The Balaban J connectivity index is 1.73. The third-order valence-electron chi connectivity index (χ3n) is 5.78. The molecule has 0 aliphatic heterocycles. The molecule has 3 rings (SSSR count). The average Bonchev–Trinajstić information content (AvgIpc) is 3.28. The molecule has 1 aliphatic carbocycles. The fourth-order valence-electron chi connectivity index (χ4n) is 4.07. The van der Waals surface area contributed by atoms with Gasteiger partial charge in [0, 0.05) is 18.9 Å². The van der Waals surface area contributed by atoms with E-state index in [-0.39, 0.29) is 21.4 Å². The van der Waals surface area contributed by atoms with Gasteiger partial charge in [-0.1, -0.05) is 48.5 Å². The van der Waals surface area contributed by atoms with Crippen LogP contribution in [0.25, 0.3) is 0 Å². The van der Waals surface area contributed by atoms with E-state index >= 15 is 0 Å². The van der Waals surface area contributed by atoms with Crippen LogP contribution in [0.5, 0.6) is 0 Å². The van der Waals surface area contributed by atoms with Gasteiger partial charge in [-0.05, 0) is 50.8 Å². The van der Waals surface area contributed by atoms with Crippen LogP contribution in [0.4, 0.5) is 5.82 Å². The van der Waals surface area contributed by atoms with Crippen molar-refractivity contribution in [1.82, 2.24) is 9.97 Å². The summed E-state index contributed by atoms with van der Waals surface area (Å²) in [6.45, 7) is 5.74. The van der Waals surface area contributed by atoms with Crippen molar-refractivity contribution in [2.24, 2.45) is 11.1 Å². The molecule has 1 aromatic heterocycles. The molecule has 1 aromatic carbocycles. The number of halogens is 1. The minimum atomic E-state index is -3.46. The third-order valence-corrected chi connectivity index (χ3v) is 7.36. The van der Waals surface area contributed by atoms with Crippen molar-refractivity contribution in [2.75, 3.05) is 11.6 Å². The number of nitrogens with one attached hydrogen (secondary N) is 1. The van der Waals surface area contributed by atoms with Gasteiger partial charge in [0.1, 0.15) is 5.60 Å². The summed E-state index contributed by atoms with van der Waals surface area (Å²) in [4.78, 5) is 27.3. The number of carbonyl (C=O) groups excluding carboxylic acids is 1. The van der Waals surface area contributed by atoms with E-state index < -0.39 is 15.8 Å². The van der Waals surface area contributed by atoms with Gasteiger partial charge in [0.2, 0.25) is 5.91 Å². The van der Waals surface area contributed by atoms with Gasteiger partial charge in [-0.15, -0.1) is 0 Å². The van der Waals surface area contributed by atoms with Crippen LogP contribution >= 0.6 is 11.6 Å². The van der Waals surface area contributed by atoms with Crippen LogP contribution in [0.1, 0.15) is 70.1 Å². The molecule has 1 N–H and O–H groups in total. The molecule has 0 saturated heterocycles. The van der Waals surface area contributed by atoms with E-state index in [2.05, 4.69) is 20.4 Å². The summed E-state index contributed by atoms with van der Waals surface area (Å²) >= 11 is 6.28. The fraction of sp³-hybridized carbons (Fsp3) is 0.520. The Morgan fingerprint density at radius 2 is 1.97 bits per heavy atom. The first-order chi connectivity index (χ1) is 16.4. The molecule has 1 fully saturated rings. The van der Waals surface area contributed by atoms with Gasteiger partial charge in [0.25, 0.3) is 0 Å². The Bertz CT molecular complexity index is 1150. The van der Waals surface area contributed by atoms with Crippen LogP contribution in [-0.4, -0.2) is 42.4 Å². The standard InChI is InChI=1S/C25H33ClN4O4S/c1-25(2,3)34-29-12-11-19-15-28-23(16-27-19)30-24(31)20(13-17-7-5-6-8-17)18-9-10-22(21(26)14-18)35(4,32)33/h9-10,12,14-17,20H,5-8,11,13H2,1-4H3,(H,28,30,31)/t20-/m1/s1. The number of amides is 1. The van der Waals surface area contributed by atoms with Crippen molar-refractivity contribution in [3.63, 3.8) is 0 Å². The summed E-state index contributed by atoms with van der Waals surface area (Å²) in [5.41, 5.74) is 1.02. The van der Waals surface area contributed by atoms with E-state index in [4.69, 9.17) is 16.4 Å². The van der Waals surface area contributed by atoms with Gasteiger partial charge in [-0.2, -0.15) is 0 Å². The number of benzene rings is 1. The summed E-state index contributed by atoms with van der Waals surface area (Å²) in [5.74, 6) is 0.0775. The summed E-state index contributed by atoms with van der Waals surface area (Å²) in [7, 11) is -3.46. The summed E-state index contributed by atoms with van der Waals surface area (Å²) < 4.78 is 23.9. The molecule has 8 nitrogen and oxygen atoms in total. The highest BCUT2D eigenvalue weighted by Crippen LogP contribution is 2.36. The first kappa shape index (κ1) is 27.1. The Hall–Kier alpha value is -2.52. The number of oxime groups is 1.